The lowest BCUT2D eigenvalue weighted by molar-refractivity contribution is -0.173. The summed E-state index contributed by atoms with van der Waals surface area (Å²) in [6.45, 7) is 8.53. The SMILES string of the molecule is CCCCCCCC(CCCCCCC)(C(=O)OCC)C(=O)OCC. The summed E-state index contributed by atoms with van der Waals surface area (Å²) in [6, 6.07) is 0. The minimum Gasteiger partial charge on any atom is -0.465 e. The van der Waals surface area contributed by atoms with Gasteiger partial charge in [-0.05, 0) is 26.7 Å². The van der Waals surface area contributed by atoms with Gasteiger partial charge in [-0.25, -0.2) is 0 Å². The van der Waals surface area contributed by atoms with Gasteiger partial charge in [0.05, 0.1) is 13.2 Å². The number of ether oxygens (including phenoxy) is 2. The molecule has 4 heteroatoms. The van der Waals surface area contributed by atoms with Gasteiger partial charge in [0.25, 0.3) is 0 Å². The molecule has 0 N–H and O–H groups in total. The molecule has 0 aliphatic carbocycles. The smallest absolute Gasteiger partial charge is 0.323 e. The molecule has 0 rings (SSSR count). The minimum atomic E-state index is -1.11. The number of esters is 2. The summed E-state index contributed by atoms with van der Waals surface area (Å²) in [4.78, 5) is 25.4. The summed E-state index contributed by atoms with van der Waals surface area (Å²) >= 11 is 0. The van der Waals surface area contributed by atoms with Gasteiger partial charge in [0.2, 0.25) is 0 Å². The molecule has 148 valence electrons. The second-order valence-electron chi connectivity index (χ2n) is 6.85. The van der Waals surface area contributed by atoms with Crippen molar-refractivity contribution < 1.29 is 19.1 Å². The third-order valence-corrected chi connectivity index (χ3v) is 4.75. The Morgan fingerprint density at radius 2 is 0.960 bits per heavy atom. The van der Waals surface area contributed by atoms with Crippen LogP contribution in [0.4, 0.5) is 0 Å². The van der Waals surface area contributed by atoms with E-state index >= 15 is 0 Å². The summed E-state index contributed by atoms with van der Waals surface area (Å²) in [5, 5.41) is 0. The molecule has 0 aromatic rings. The van der Waals surface area contributed by atoms with Crippen LogP contribution in [0.2, 0.25) is 0 Å². The summed E-state index contributed by atoms with van der Waals surface area (Å²) in [5.74, 6) is -0.779. The molecule has 4 nitrogen and oxygen atoms in total. The molecule has 0 aromatic heterocycles. The first-order chi connectivity index (χ1) is 12.1. The molecule has 0 bridgehead atoms. The molecule has 0 spiro atoms. The maximum Gasteiger partial charge on any atom is 0.323 e. The Kier molecular flexibility index (Phi) is 14.6. The predicted molar refractivity (Wildman–Crippen MR) is 102 cm³/mol. The molecular weight excluding hydrogens is 316 g/mol. The first-order valence-corrected chi connectivity index (χ1v) is 10.4. The lowest BCUT2D eigenvalue weighted by atomic mass is 9.77. The van der Waals surface area contributed by atoms with E-state index in [1.165, 1.54) is 25.7 Å². The highest BCUT2D eigenvalue weighted by Crippen LogP contribution is 2.35. The monoisotopic (exact) mass is 356 g/mol. The third kappa shape index (κ3) is 9.27. The number of hydrogen-bond donors (Lipinski definition) is 0. The Morgan fingerprint density at radius 1 is 0.600 bits per heavy atom. The van der Waals surface area contributed by atoms with Crippen LogP contribution in [0, 0.1) is 5.41 Å². The van der Waals surface area contributed by atoms with E-state index in [0.29, 0.717) is 26.1 Å². The van der Waals surface area contributed by atoms with Gasteiger partial charge in [-0.2, -0.15) is 0 Å². The van der Waals surface area contributed by atoms with Gasteiger partial charge in [-0.15, -0.1) is 0 Å². The lowest BCUT2D eigenvalue weighted by Crippen LogP contribution is -2.42. The van der Waals surface area contributed by atoms with Crippen LogP contribution in [0.15, 0.2) is 0 Å². The fraction of sp³-hybridized carbons (Fsp3) is 0.905. The van der Waals surface area contributed by atoms with Crippen molar-refractivity contribution in [3.05, 3.63) is 0 Å². The van der Waals surface area contributed by atoms with Crippen LogP contribution in [0.3, 0.4) is 0 Å². The fourth-order valence-electron chi connectivity index (χ4n) is 3.22. The van der Waals surface area contributed by atoms with Gasteiger partial charge in [-0.3, -0.25) is 9.59 Å². The third-order valence-electron chi connectivity index (χ3n) is 4.75. The molecule has 25 heavy (non-hydrogen) atoms. The molecule has 0 aliphatic heterocycles. The molecule has 0 saturated carbocycles. The van der Waals surface area contributed by atoms with Crippen molar-refractivity contribution >= 4 is 11.9 Å². The van der Waals surface area contributed by atoms with Crippen LogP contribution in [-0.4, -0.2) is 25.2 Å². The van der Waals surface area contributed by atoms with Crippen LogP contribution < -0.4 is 0 Å². The van der Waals surface area contributed by atoms with E-state index in [1.807, 2.05) is 0 Å². The van der Waals surface area contributed by atoms with E-state index < -0.39 is 5.41 Å². The Labute approximate surface area is 155 Å². The zero-order valence-electron chi connectivity index (χ0n) is 17.0. The average molecular weight is 357 g/mol. The van der Waals surface area contributed by atoms with E-state index in [-0.39, 0.29) is 11.9 Å². The number of rotatable bonds is 16. The Morgan fingerprint density at radius 3 is 1.28 bits per heavy atom. The molecule has 0 saturated heterocycles. The van der Waals surface area contributed by atoms with Crippen molar-refractivity contribution in [1.29, 1.82) is 0 Å². The molecule has 0 atom stereocenters. The molecule has 0 aromatic carbocycles. The van der Waals surface area contributed by atoms with Crippen LogP contribution in [0.5, 0.6) is 0 Å². The number of unbranched alkanes of at least 4 members (excludes halogenated alkanes) is 8. The van der Waals surface area contributed by atoms with Crippen molar-refractivity contribution in [3.8, 4) is 0 Å². The highest BCUT2D eigenvalue weighted by atomic mass is 16.6. The van der Waals surface area contributed by atoms with Crippen molar-refractivity contribution in [2.45, 2.75) is 105 Å². The molecular formula is C21H40O4. The van der Waals surface area contributed by atoms with E-state index in [2.05, 4.69) is 13.8 Å². The highest BCUT2D eigenvalue weighted by molar-refractivity contribution is 6.00. The Bertz CT molecular complexity index is 318. The van der Waals surface area contributed by atoms with E-state index in [9.17, 15) is 9.59 Å². The first-order valence-electron chi connectivity index (χ1n) is 10.4. The van der Waals surface area contributed by atoms with Crippen molar-refractivity contribution in [1.82, 2.24) is 0 Å². The van der Waals surface area contributed by atoms with Crippen LogP contribution in [0.25, 0.3) is 0 Å². The summed E-state index contributed by atoms with van der Waals surface area (Å²) < 4.78 is 10.6. The van der Waals surface area contributed by atoms with E-state index in [1.54, 1.807) is 13.8 Å². The Balaban J connectivity index is 4.99. The normalized spacial score (nSPS) is 11.4. The lowest BCUT2D eigenvalue weighted by Gasteiger charge is -2.29. The molecule has 0 aliphatic rings. The van der Waals surface area contributed by atoms with Crippen molar-refractivity contribution in [2.75, 3.05) is 13.2 Å². The van der Waals surface area contributed by atoms with Gasteiger partial charge in [0.15, 0.2) is 5.41 Å². The fourth-order valence-corrected chi connectivity index (χ4v) is 3.22. The summed E-state index contributed by atoms with van der Waals surface area (Å²) in [6.07, 6.45) is 12.0. The number of carbonyl (C=O) groups is 2. The summed E-state index contributed by atoms with van der Waals surface area (Å²) in [7, 11) is 0. The summed E-state index contributed by atoms with van der Waals surface area (Å²) in [5.41, 5.74) is -1.11. The van der Waals surface area contributed by atoms with Gasteiger partial charge < -0.3 is 9.47 Å². The average Bonchev–Trinajstić information content (AvgIpc) is 2.60. The largest absolute Gasteiger partial charge is 0.465 e. The topological polar surface area (TPSA) is 52.6 Å². The molecule has 0 heterocycles. The maximum absolute atomic E-state index is 12.7. The van der Waals surface area contributed by atoms with Gasteiger partial charge in [-0.1, -0.05) is 78.1 Å². The molecule has 0 fully saturated rings. The highest BCUT2D eigenvalue weighted by Gasteiger charge is 2.47. The quantitative estimate of drug-likeness (QED) is 0.199. The molecule has 0 amide bonds. The number of carbonyl (C=O) groups excluding carboxylic acids is 2. The standard InChI is InChI=1S/C21H40O4/c1-5-9-11-13-15-17-21(19(22)24-7-3,20(23)25-8-4)18-16-14-12-10-6-2/h5-18H2,1-4H3. The maximum atomic E-state index is 12.7. The van der Waals surface area contributed by atoms with Crippen molar-refractivity contribution in [2.24, 2.45) is 5.41 Å². The van der Waals surface area contributed by atoms with Crippen LogP contribution in [0.1, 0.15) is 105 Å². The zero-order chi connectivity index (χ0) is 19.0. The second-order valence-corrected chi connectivity index (χ2v) is 6.85. The molecule has 0 radical (unpaired) electrons. The second kappa shape index (κ2) is 15.2. The Hall–Kier alpha value is -1.06. The van der Waals surface area contributed by atoms with E-state index in [4.69, 9.17) is 9.47 Å². The number of hydrogen-bond acceptors (Lipinski definition) is 4. The van der Waals surface area contributed by atoms with Gasteiger partial charge in [0.1, 0.15) is 0 Å². The van der Waals surface area contributed by atoms with Crippen LogP contribution in [-0.2, 0) is 19.1 Å². The van der Waals surface area contributed by atoms with Crippen LogP contribution >= 0.6 is 0 Å². The zero-order valence-corrected chi connectivity index (χ0v) is 17.0. The minimum absolute atomic E-state index is 0.297. The predicted octanol–water partition coefficient (Wildman–Crippen LogP) is 5.82. The molecule has 0 unspecified atom stereocenters. The first kappa shape index (κ1) is 23.9. The van der Waals surface area contributed by atoms with Gasteiger partial charge in [0, 0.05) is 0 Å². The van der Waals surface area contributed by atoms with Gasteiger partial charge >= 0.3 is 11.9 Å². The van der Waals surface area contributed by atoms with Crippen molar-refractivity contribution in [3.63, 3.8) is 0 Å². The van der Waals surface area contributed by atoms with E-state index in [0.717, 1.165) is 38.5 Å².